The number of carboxylic acids is 3. The van der Waals surface area contributed by atoms with Gasteiger partial charge in [0.25, 0.3) is 0 Å². The first-order valence-corrected chi connectivity index (χ1v) is 48.1. The Morgan fingerprint density at radius 3 is 0.873 bits per heavy atom. The molecular weight excluding hydrogens is 1500 g/mol. The molecule has 0 aliphatic rings. The summed E-state index contributed by atoms with van der Waals surface area (Å²) >= 11 is 0. The van der Waals surface area contributed by atoms with Crippen molar-refractivity contribution in [3.63, 3.8) is 0 Å². The summed E-state index contributed by atoms with van der Waals surface area (Å²) in [5, 5.41) is 45.2. The van der Waals surface area contributed by atoms with Gasteiger partial charge >= 0.3 is 30.0 Å². The highest BCUT2D eigenvalue weighted by molar-refractivity contribution is 5.81. The van der Waals surface area contributed by atoms with Gasteiger partial charge in [-0.25, -0.2) is 0 Å². The highest BCUT2D eigenvalue weighted by Crippen LogP contribution is 2.14. The standard InChI is InChI=1S/2C15H32N2O2.C14H28F3N3O.C13H31N3.C10H21NO2.C9H22N2.C9H21N.C7H18N2/c1-5-7-11-16(3)12-9-10-14(15(18)19)17(4)13-8-6-2;1-4-6-10-14(15(18)19)16-11-8-9-13-17(3)12-7-5-2;1-3-4-11-20(2)12-6-5-8-18-9-7-10-19-13(21)14(15,16)17;1-4-5-10-15(2)11-6-7-12-16(3)13-8-9-14;1-3-5-7-9(10(12)13)11-8-6-4-2;1-3-4-8-11(2)9-6-5-7-10;1-3-5-7-9-10-8-6-4-2;1-2-3-6-9-7-4-5-8/h14H,5-13H2,1-4H3,(H,18,19);14,16H,4-13H2,1-3H3,(H,18,19);18H,3-12H2,1-2H3,(H,19,21);4-14H2,1-3H3;9,11H,3-8H2,1-2H3,(H,12,13);3-10H2,1-2H3;10H,3-9H2,1-2H3;9H,2-8H2,1H3. The van der Waals surface area contributed by atoms with Gasteiger partial charge in [0.1, 0.15) is 18.1 Å². The molecule has 1 amide bonds. The predicted octanol–water partition coefficient (Wildman–Crippen LogP) is 16.1. The number of carbonyl (C=O) groups is 4. The molecule has 0 rings (SSSR count). The number of hydrogen-bond donors (Lipinski definition) is 12. The molecule has 15 N–H and O–H groups in total. The highest BCUT2D eigenvalue weighted by atomic mass is 19.4. The summed E-state index contributed by atoms with van der Waals surface area (Å²) in [7, 11) is 14.9. The van der Waals surface area contributed by atoms with Gasteiger partial charge in [-0.1, -0.05) is 179 Å². The van der Waals surface area contributed by atoms with Crippen molar-refractivity contribution in [2.24, 2.45) is 17.2 Å². The molecule has 0 aromatic heterocycles. The van der Waals surface area contributed by atoms with Crippen LogP contribution in [-0.2, 0) is 19.2 Å². The van der Waals surface area contributed by atoms with E-state index in [-0.39, 0.29) is 24.7 Å². The Hall–Kier alpha value is -2.93. The molecule has 3 atom stereocenters. The zero-order valence-electron chi connectivity index (χ0n) is 81.2. The fraction of sp³-hybridized carbons (Fsp3) is 0.957. The number of alkyl halides is 3. The third kappa shape index (κ3) is 115. The lowest BCUT2D eigenvalue weighted by atomic mass is 10.1. The molecule has 0 aliphatic heterocycles. The molecule has 0 bridgehead atoms. The zero-order chi connectivity index (χ0) is 90.8. The average Bonchev–Trinajstić information content (AvgIpc) is 0.927. The number of unbranched alkanes of at least 4 members (excludes halogenated alkanes) is 17. The van der Waals surface area contributed by atoms with Gasteiger partial charge in [0.15, 0.2) is 0 Å². The number of carboxylic acid groups (broad SMARTS) is 3. The SMILES string of the molecule is CCCCC(NCCCCN(C)CCCC)C(=O)O.CCCCCNCCCC.CCCCN(C)CCCC(C(=O)O)N(C)CCCC.CCCCN(C)CCCCN.CCCCN(C)CCCCN(C)CCCN.CCCCN(C)CCCCNCCCNC(=O)C(F)(F)F.CCCCNC(CCCC)C(=O)O.CCCCNCCCN. The van der Waals surface area contributed by atoms with Crippen LogP contribution in [0.2, 0.25) is 0 Å². The lowest BCUT2D eigenvalue weighted by Crippen LogP contribution is -2.39. The minimum atomic E-state index is -4.78. The van der Waals surface area contributed by atoms with Crippen LogP contribution in [0, 0.1) is 0 Å². The van der Waals surface area contributed by atoms with Crippen LogP contribution in [0.25, 0.3) is 0 Å². The molecule has 0 saturated carbocycles. The number of nitrogens with one attached hydrogen (secondary N) is 6. The molecule has 3 unspecified atom stereocenters. The lowest BCUT2D eigenvalue weighted by molar-refractivity contribution is -0.173. The molecule has 0 spiro atoms. The van der Waals surface area contributed by atoms with Crippen LogP contribution in [-0.4, -0.2) is 311 Å². The van der Waals surface area contributed by atoms with Gasteiger partial charge in [0, 0.05) is 6.54 Å². The summed E-state index contributed by atoms with van der Waals surface area (Å²) in [6.45, 7) is 51.1. The third-order valence-electron chi connectivity index (χ3n) is 19.9. The van der Waals surface area contributed by atoms with Crippen molar-refractivity contribution in [2.45, 2.75) is 364 Å². The number of halogens is 3. The number of rotatable bonds is 76. The summed E-state index contributed by atoms with van der Waals surface area (Å²) in [5.74, 6) is -3.98. The molecule has 0 aliphatic carbocycles. The number of carbonyl (C=O) groups excluding carboxylic acids is 1. The van der Waals surface area contributed by atoms with Crippen LogP contribution >= 0.6 is 0 Å². The fourth-order valence-corrected chi connectivity index (χ4v) is 11.6. The van der Waals surface area contributed by atoms with E-state index in [1.807, 2.05) is 17.3 Å². The molecule has 0 aromatic carbocycles. The van der Waals surface area contributed by atoms with Gasteiger partial charge < -0.3 is 93.8 Å². The number of nitrogens with two attached hydrogens (primary N) is 3. The van der Waals surface area contributed by atoms with Crippen LogP contribution < -0.4 is 49.1 Å². The first kappa shape index (κ1) is 131. The zero-order valence-corrected chi connectivity index (χ0v) is 81.2. The van der Waals surface area contributed by atoms with Gasteiger partial charge in [0.05, 0.1) is 0 Å². The second-order valence-electron chi connectivity index (χ2n) is 32.4. The van der Waals surface area contributed by atoms with E-state index in [0.29, 0.717) is 13.0 Å². The van der Waals surface area contributed by atoms with E-state index in [1.165, 1.54) is 174 Å². The van der Waals surface area contributed by atoms with E-state index in [2.05, 4.69) is 181 Å². The molecule has 716 valence electrons. The number of likely N-dealkylation sites (N-methyl/N-ethyl adjacent to an activating group) is 1. The Labute approximate surface area is 728 Å². The molecule has 26 heteroatoms. The van der Waals surface area contributed by atoms with Crippen molar-refractivity contribution in [3.8, 4) is 0 Å². The van der Waals surface area contributed by atoms with E-state index in [1.54, 1.807) is 0 Å². The Morgan fingerprint density at radius 1 is 0.280 bits per heavy atom. The van der Waals surface area contributed by atoms with E-state index >= 15 is 0 Å². The number of aliphatic carboxylic acids is 3. The van der Waals surface area contributed by atoms with Gasteiger partial charge in [-0.2, -0.15) is 13.2 Å². The molecular formula is C92H205F3N16O7. The minimum Gasteiger partial charge on any atom is -0.480 e. The van der Waals surface area contributed by atoms with E-state index in [0.717, 1.165) is 227 Å². The molecule has 0 fully saturated rings. The van der Waals surface area contributed by atoms with Crippen LogP contribution in [0.4, 0.5) is 13.2 Å². The average molecular weight is 1700 g/mol. The maximum Gasteiger partial charge on any atom is 0.471 e. The van der Waals surface area contributed by atoms with Crippen LogP contribution in [0.3, 0.4) is 0 Å². The maximum atomic E-state index is 11.9. The smallest absolute Gasteiger partial charge is 0.471 e. The van der Waals surface area contributed by atoms with E-state index in [9.17, 15) is 37.5 Å². The molecule has 0 radical (unpaired) electrons. The van der Waals surface area contributed by atoms with Gasteiger partial charge in [-0.15, -0.1) is 0 Å². The maximum absolute atomic E-state index is 11.9. The Kier molecular flexibility index (Phi) is 120. The van der Waals surface area contributed by atoms with E-state index in [4.69, 9.17) is 27.4 Å². The van der Waals surface area contributed by atoms with Crippen molar-refractivity contribution < 1.29 is 47.7 Å². The van der Waals surface area contributed by atoms with Crippen LogP contribution in [0.15, 0.2) is 0 Å². The Morgan fingerprint density at radius 2 is 0.542 bits per heavy atom. The molecule has 118 heavy (non-hydrogen) atoms. The first-order valence-electron chi connectivity index (χ1n) is 48.1. The quantitative estimate of drug-likeness (QED) is 0.0252. The summed E-state index contributed by atoms with van der Waals surface area (Å²) in [4.78, 5) is 59.8. The molecule has 0 heterocycles. The summed E-state index contributed by atoms with van der Waals surface area (Å²) in [6, 6.07) is -1.03. The largest absolute Gasteiger partial charge is 0.480 e. The van der Waals surface area contributed by atoms with Crippen molar-refractivity contribution in [3.05, 3.63) is 0 Å². The highest BCUT2D eigenvalue weighted by Gasteiger charge is 2.38. The predicted molar refractivity (Wildman–Crippen MR) is 505 cm³/mol. The molecule has 23 nitrogen and oxygen atoms in total. The summed E-state index contributed by atoms with van der Waals surface area (Å²) < 4.78 is 35.6. The lowest BCUT2D eigenvalue weighted by Gasteiger charge is -2.25. The second-order valence-corrected chi connectivity index (χ2v) is 32.4. The molecule has 0 saturated heterocycles. The fourth-order valence-electron chi connectivity index (χ4n) is 11.6. The van der Waals surface area contributed by atoms with Crippen molar-refractivity contribution in [1.29, 1.82) is 0 Å². The number of hydrogen-bond acceptors (Lipinski definition) is 19. The Bertz CT molecular complexity index is 1910. The van der Waals surface area contributed by atoms with Crippen molar-refractivity contribution >= 4 is 23.8 Å². The van der Waals surface area contributed by atoms with Crippen molar-refractivity contribution in [1.82, 2.24) is 66.2 Å². The first-order chi connectivity index (χ1) is 56.6. The third-order valence-corrected chi connectivity index (χ3v) is 19.9. The normalized spacial score (nSPS) is 11.9. The van der Waals surface area contributed by atoms with Crippen LogP contribution in [0.1, 0.15) is 340 Å². The van der Waals surface area contributed by atoms with E-state index < -0.39 is 30.0 Å². The minimum absolute atomic E-state index is 0.0467. The topological polar surface area (TPSA) is 302 Å². The van der Waals surface area contributed by atoms with Crippen molar-refractivity contribution in [2.75, 3.05) is 213 Å². The van der Waals surface area contributed by atoms with Gasteiger partial charge in [-0.3, -0.25) is 24.1 Å². The van der Waals surface area contributed by atoms with Crippen LogP contribution in [0.5, 0.6) is 0 Å². The van der Waals surface area contributed by atoms with Gasteiger partial charge in [-0.05, 0) is 367 Å². The monoisotopic (exact) mass is 1700 g/mol. The summed E-state index contributed by atoms with van der Waals surface area (Å²) in [5.41, 5.74) is 16.2. The molecule has 0 aromatic rings. The second kappa shape index (κ2) is 108. The van der Waals surface area contributed by atoms with Gasteiger partial charge in [0.2, 0.25) is 0 Å². The summed E-state index contributed by atoms with van der Waals surface area (Å²) in [6.07, 6.45) is 40.7. The Balaban J connectivity index is -0.000000198. The number of nitrogens with zero attached hydrogens (tertiary/aromatic N) is 7. The number of amides is 1.